The third-order valence-electron chi connectivity index (χ3n) is 6.37. The Bertz CT molecular complexity index is 1490. The molecule has 0 atom stereocenters. The van der Waals surface area contributed by atoms with Crippen molar-refractivity contribution in [1.29, 1.82) is 0 Å². The van der Waals surface area contributed by atoms with E-state index >= 15 is 0 Å². The Kier molecular flexibility index (Phi) is 7.71. The van der Waals surface area contributed by atoms with Gasteiger partial charge in [0, 0.05) is 9.79 Å². The molecule has 1 saturated carbocycles. The van der Waals surface area contributed by atoms with Crippen molar-refractivity contribution >= 4 is 50.9 Å². The van der Waals surface area contributed by atoms with E-state index in [-0.39, 0.29) is 24.1 Å². The van der Waals surface area contributed by atoms with Crippen molar-refractivity contribution in [3.05, 3.63) is 81.7 Å². The van der Waals surface area contributed by atoms with Crippen molar-refractivity contribution in [2.24, 2.45) is 0 Å². The molecule has 1 fully saturated rings. The van der Waals surface area contributed by atoms with E-state index in [2.05, 4.69) is 10.3 Å². The van der Waals surface area contributed by atoms with Crippen LogP contribution in [0.1, 0.15) is 47.3 Å². The second-order valence-electron chi connectivity index (χ2n) is 9.04. The van der Waals surface area contributed by atoms with Gasteiger partial charge in [0.2, 0.25) is 5.91 Å². The van der Waals surface area contributed by atoms with Crippen LogP contribution in [0, 0.1) is 6.92 Å². The molecule has 190 valence electrons. The molecule has 1 aliphatic rings. The lowest BCUT2D eigenvalue weighted by molar-refractivity contribution is -0.116. The average molecular weight is 534 g/mol. The first-order chi connectivity index (χ1) is 18.0. The number of carbonyl (C=O) groups excluding carboxylic acids is 2. The fourth-order valence-electron chi connectivity index (χ4n) is 4.47. The lowest BCUT2D eigenvalue weighted by atomic mass is 9.98. The molecular weight excluding hydrogens is 506 g/mol. The van der Waals surface area contributed by atoms with E-state index in [0.29, 0.717) is 26.3 Å². The highest BCUT2D eigenvalue weighted by Gasteiger charge is 2.24. The number of hydrogen-bond acceptors (Lipinski definition) is 7. The van der Waals surface area contributed by atoms with Gasteiger partial charge in [0.15, 0.2) is 0 Å². The van der Waals surface area contributed by atoms with Gasteiger partial charge in [-0.05, 0) is 62.4 Å². The predicted octanol–water partition coefficient (Wildman–Crippen LogP) is 6.05. The zero-order valence-electron chi connectivity index (χ0n) is 20.4. The number of aromatic nitrogens is 2. The number of nitrogens with one attached hydrogen (secondary N) is 1. The van der Waals surface area contributed by atoms with Crippen LogP contribution >= 0.6 is 23.1 Å². The molecule has 0 bridgehead atoms. The standard InChI is InChI=1S/C28H27N3O4S2/c1-18-24-26(37-25(18)28(34)35-19-10-4-2-5-11-19)29-17-31(27(24)33)16-23(32)30-21-14-8-9-15-22(21)36-20-12-6-3-7-13-20/h3,6-9,12-15,17,19H,2,4-5,10-11,16H2,1H3,(H,30,32). The van der Waals surface area contributed by atoms with Crippen LogP contribution < -0.4 is 10.9 Å². The van der Waals surface area contributed by atoms with Gasteiger partial charge in [0.05, 0.1) is 17.4 Å². The van der Waals surface area contributed by atoms with Gasteiger partial charge in [0.1, 0.15) is 22.4 Å². The van der Waals surface area contributed by atoms with Gasteiger partial charge in [0.25, 0.3) is 5.56 Å². The number of anilines is 1. The third kappa shape index (κ3) is 5.78. The van der Waals surface area contributed by atoms with Crippen molar-refractivity contribution in [1.82, 2.24) is 9.55 Å². The molecule has 9 heteroatoms. The summed E-state index contributed by atoms with van der Waals surface area (Å²) in [6.45, 7) is 1.55. The van der Waals surface area contributed by atoms with E-state index in [9.17, 15) is 14.4 Å². The van der Waals surface area contributed by atoms with Gasteiger partial charge < -0.3 is 10.1 Å². The van der Waals surface area contributed by atoms with Crippen molar-refractivity contribution in [2.45, 2.75) is 61.5 Å². The number of benzene rings is 2. The van der Waals surface area contributed by atoms with Crippen molar-refractivity contribution in [3.63, 3.8) is 0 Å². The van der Waals surface area contributed by atoms with E-state index in [1.165, 1.54) is 28.7 Å². The fraction of sp³-hybridized carbons (Fsp3) is 0.286. The zero-order chi connectivity index (χ0) is 25.8. The Hall–Kier alpha value is -3.43. The number of fused-ring (bicyclic) bond motifs is 1. The van der Waals surface area contributed by atoms with E-state index in [4.69, 9.17) is 4.74 Å². The number of ether oxygens (including phenoxy) is 1. The van der Waals surface area contributed by atoms with Crippen LogP contribution in [-0.4, -0.2) is 27.5 Å². The maximum atomic E-state index is 13.3. The molecule has 7 nitrogen and oxygen atoms in total. The highest BCUT2D eigenvalue weighted by molar-refractivity contribution is 7.99. The number of nitrogens with zero attached hydrogens (tertiary/aromatic N) is 2. The SMILES string of the molecule is Cc1c(C(=O)OC2CCCCC2)sc2ncn(CC(=O)Nc3ccccc3Sc3ccccc3)c(=O)c12. The molecule has 0 unspecified atom stereocenters. The maximum Gasteiger partial charge on any atom is 0.348 e. The van der Waals surface area contributed by atoms with Crippen LogP contribution in [-0.2, 0) is 16.1 Å². The number of carbonyl (C=O) groups is 2. The predicted molar refractivity (Wildman–Crippen MR) is 147 cm³/mol. The van der Waals surface area contributed by atoms with Crippen molar-refractivity contribution < 1.29 is 14.3 Å². The summed E-state index contributed by atoms with van der Waals surface area (Å²) >= 11 is 2.71. The topological polar surface area (TPSA) is 90.3 Å². The Morgan fingerprint density at radius 1 is 1.08 bits per heavy atom. The van der Waals surface area contributed by atoms with E-state index in [1.807, 2.05) is 54.6 Å². The van der Waals surface area contributed by atoms with Gasteiger partial charge in [-0.25, -0.2) is 9.78 Å². The summed E-state index contributed by atoms with van der Waals surface area (Å²) < 4.78 is 6.99. The summed E-state index contributed by atoms with van der Waals surface area (Å²) in [5, 5.41) is 3.28. The quantitative estimate of drug-likeness (QED) is 0.291. The molecule has 4 aromatic rings. The zero-order valence-corrected chi connectivity index (χ0v) is 22.1. The molecule has 2 aromatic heterocycles. The lowest BCUT2D eigenvalue weighted by Gasteiger charge is -2.21. The highest BCUT2D eigenvalue weighted by atomic mass is 32.2. The van der Waals surface area contributed by atoms with Crippen LogP contribution in [0.5, 0.6) is 0 Å². The molecule has 5 rings (SSSR count). The molecule has 2 heterocycles. The Morgan fingerprint density at radius 2 is 1.81 bits per heavy atom. The van der Waals surface area contributed by atoms with E-state index in [1.54, 1.807) is 18.7 Å². The number of rotatable bonds is 7. The second-order valence-corrected chi connectivity index (χ2v) is 11.2. The van der Waals surface area contributed by atoms with Gasteiger partial charge in [-0.3, -0.25) is 14.2 Å². The average Bonchev–Trinajstić information content (AvgIpc) is 3.25. The Labute approximate surface area is 222 Å². The van der Waals surface area contributed by atoms with E-state index < -0.39 is 5.97 Å². The Balaban J connectivity index is 1.32. The Morgan fingerprint density at radius 3 is 2.59 bits per heavy atom. The molecule has 37 heavy (non-hydrogen) atoms. The molecule has 1 N–H and O–H groups in total. The van der Waals surface area contributed by atoms with Gasteiger partial charge >= 0.3 is 5.97 Å². The molecular formula is C28H27N3O4S2. The van der Waals surface area contributed by atoms with Crippen LogP contribution in [0.4, 0.5) is 5.69 Å². The minimum atomic E-state index is -0.399. The molecule has 1 aliphatic carbocycles. The summed E-state index contributed by atoms with van der Waals surface area (Å²) in [6.07, 6.45) is 6.35. The molecule has 0 radical (unpaired) electrons. The third-order valence-corrected chi connectivity index (χ3v) is 8.64. The minimum absolute atomic E-state index is 0.0675. The van der Waals surface area contributed by atoms with Gasteiger partial charge in [-0.1, -0.05) is 48.5 Å². The normalized spacial score (nSPS) is 14.0. The summed E-state index contributed by atoms with van der Waals surface area (Å²) in [4.78, 5) is 46.2. The maximum absolute atomic E-state index is 13.3. The molecule has 2 aromatic carbocycles. The number of thiophene rings is 1. The molecule has 0 saturated heterocycles. The summed E-state index contributed by atoms with van der Waals surface area (Å²) in [5.41, 5.74) is 0.873. The van der Waals surface area contributed by atoms with Crippen LogP contribution in [0.25, 0.3) is 10.2 Å². The highest BCUT2D eigenvalue weighted by Crippen LogP contribution is 2.33. The van der Waals surface area contributed by atoms with Gasteiger partial charge in [-0.15, -0.1) is 11.3 Å². The second kappa shape index (κ2) is 11.3. The minimum Gasteiger partial charge on any atom is -0.458 e. The van der Waals surface area contributed by atoms with Crippen LogP contribution in [0.2, 0.25) is 0 Å². The van der Waals surface area contributed by atoms with Gasteiger partial charge in [-0.2, -0.15) is 0 Å². The van der Waals surface area contributed by atoms with Crippen molar-refractivity contribution in [3.8, 4) is 0 Å². The smallest absolute Gasteiger partial charge is 0.348 e. The summed E-state index contributed by atoms with van der Waals surface area (Å²) in [6, 6.07) is 17.4. The number of hydrogen-bond donors (Lipinski definition) is 1. The number of esters is 1. The number of amides is 1. The summed E-state index contributed by atoms with van der Waals surface area (Å²) in [5.74, 6) is -0.738. The van der Waals surface area contributed by atoms with Crippen molar-refractivity contribution in [2.75, 3.05) is 5.32 Å². The van der Waals surface area contributed by atoms with E-state index in [0.717, 1.165) is 35.5 Å². The monoisotopic (exact) mass is 533 g/mol. The first kappa shape index (κ1) is 25.2. The fourth-order valence-corrected chi connectivity index (χ4v) is 6.42. The van der Waals surface area contributed by atoms with Crippen LogP contribution in [0.15, 0.2) is 75.5 Å². The molecule has 0 aliphatic heterocycles. The molecule has 1 amide bonds. The first-order valence-electron chi connectivity index (χ1n) is 12.3. The first-order valence-corrected chi connectivity index (χ1v) is 13.9. The molecule has 0 spiro atoms. The number of para-hydroxylation sites is 1. The summed E-state index contributed by atoms with van der Waals surface area (Å²) in [7, 11) is 0. The number of aryl methyl sites for hydroxylation is 1. The largest absolute Gasteiger partial charge is 0.458 e. The van der Waals surface area contributed by atoms with Crippen LogP contribution in [0.3, 0.4) is 0 Å². The lowest BCUT2D eigenvalue weighted by Crippen LogP contribution is -2.28.